The number of methoxy groups -OCH3 is 1. The summed E-state index contributed by atoms with van der Waals surface area (Å²) < 4.78 is 48.8. The zero-order valence-electron chi connectivity index (χ0n) is 14.2. The van der Waals surface area contributed by atoms with Crippen LogP contribution in [0.3, 0.4) is 0 Å². The number of benzene rings is 1. The number of alkyl halides is 3. The number of carboxylic acid groups (broad SMARTS) is 1. The van der Waals surface area contributed by atoms with Crippen molar-refractivity contribution in [3.05, 3.63) is 18.2 Å². The Morgan fingerprint density at radius 3 is 2.67 bits per heavy atom. The van der Waals surface area contributed by atoms with E-state index < -0.39 is 36.8 Å². The van der Waals surface area contributed by atoms with Gasteiger partial charge in [-0.25, -0.2) is 0 Å². The number of carbonyl (C=O) groups excluding carboxylic acids is 2. The second-order valence-electron chi connectivity index (χ2n) is 5.80. The summed E-state index contributed by atoms with van der Waals surface area (Å²) in [5.74, 6) is -4.98. The van der Waals surface area contributed by atoms with Crippen molar-refractivity contribution < 1.29 is 42.1 Å². The molecule has 1 atom stereocenters. The van der Waals surface area contributed by atoms with E-state index in [1.165, 1.54) is 30.2 Å². The molecule has 0 saturated carbocycles. The van der Waals surface area contributed by atoms with Crippen LogP contribution in [0.5, 0.6) is 5.75 Å². The normalized spacial score (nSPS) is 15.0. The summed E-state index contributed by atoms with van der Waals surface area (Å²) in [5, 5.41) is 10.9. The van der Waals surface area contributed by atoms with Crippen LogP contribution in [0.2, 0.25) is 0 Å². The molecule has 1 aliphatic rings. The molecule has 2 N–H and O–H groups in total. The van der Waals surface area contributed by atoms with Gasteiger partial charge in [0.15, 0.2) is 6.61 Å². The van der Waals surface area contributed by atoms with Gasteiger partial charge in [0.1, 0.15) is 12.5 Å². The Balaban J connectivity index is 2.14. The Bertz CT molecular complexity index is 737. The Kier molecular flexibility index (Phi) is 6.26. The molecule has 0 spiro atoms. The molecule has 11 heteroatoms. The van der Waals surface area contributed by atoms with E-state index in [9.17, 15) is 27.6 Å². The highest BCUT2D eigenvalue weighted by atomic mass is 19.4. The predicted octanol–water partition coefficient (Wildman–Crippen LogP) is 2.00. The van der Waals surface area contributed by atoms with Crippen molar-refractivity contribution in [3.8, 4) is 5.75 Å². The summed E-state index contributed by atoms with van der Waals surface area (Å²) in [6.45, 7) is -0.258. The molecule has 2 amide bonds. The molecule has 1 aromatic carbocycles. The number of halogens is 3. The number of aliphatic carboxylic acids is 1. The van der Waals surface area contributed by atoms with Crippen LogP contribution < -0.4 is 15.0 Å². The van der Waals surface area contributed by atoms with Gasteiger partial charge in [-0.05, 0) is 18.2 Å². The van der Waals surface area contributed by atoms with Gasteiger partial charge in [0.25, 0.3) is 5.91 Å². The maximum Gasteiger partial charge on any atom is 0.392 e. The van der Waals surface area contributed by atoms with Crippen molar-refractivity contribution in [2.24, 2.45) is 5.92 Å². The standard InChI is InChI=1S/C16H17F3N2O6/c1-26-8-21-11-6-10(2-3-12(11)27-7-14(21)23)20-13(22)4-9(5-15(24)25)16(17,18)19/h2-3,6,9H,4-5,7-8H2,1H3,(H,20,22)(H,24,25). The second kappa shape index (κ2) is 8.25. The molecule has 1 unspecified atom stereocenters. The van der Waals surface area contributed by atoms with Crippen LogP contribution in [0.15, 0.2) is 18.2 Å². The van der Waals surface area contributed by atoms with E-state index in [1.807, 2.05) is 0 Å². The molecule has 0 fully saturated rings. The van der Waals surface area contributed by atoms with Crippen molar-refractivity contribution >= 4 is 29.2 Å². The summed E-state index contributed by atoms with van der Waals surface area (Å²) >= 11 is 0. The van der Waals surface area contributed by atoms with Crippen molar-refractivity contribution in [1.82, 2.24) is 0 Å². The first kappa shape index (κ1) is 20.5. The Morgan fingerprint density at radius 1 is 1.37 bits per heavy atom. The summed E-state index contributed by atoms with van der Waals surface area (Å²) in [6.07, 6.45) is -7.06. The molecule has 27 heavy (non-hydrogen) atoms. The van der Waals surface area contributed by atoms with Gasteiger partial charge in [-0.15, -0.1) is 0 Å². The van der Waals surface area contributed by atoms with Crippen LogP contribution in [0, 0.1) is 5.92 Å². The quantitative estimate of drug-likeness (QED) is 0.738. The zero-order valence-corrected chi connectivity index (χ0v) is 14.2. The van der Waals surface area contributed by atoms with Crippen molar-refractivity contribution in [2.45, 2.75) is 19.0 Å². The first-order chi connectivity index (χ1) is 12.6. The van der Waals surface area contributed by atoms with E-state index in [0.29, 0.717) is 11.4 Å². The van der Waals surface area contributed by atoms with Gasteiger partial charge in [0, 0.05) is 19.2 Å². The monoisotopic (exact) mass is 390 g/mol. The maximum absolute atomic E-state index is 12.9. The fraction of sp³-hybridized carbons (Fsp3) is 0.438. The van der Waals surface area contributed by atoms with Crippen LogP contribution in [0.1, 0.15) is 12.8 Å². The molecule has 2 rings (SSSR count). The molecule has 0 radical (unpaired) electrons. The number of nitrogens with zero attached hydrogens (tertiary/aromatic N) is 1. The second-order valence-corrected chi connectivity index (χ2v) is 5.80. The number of hydrogen-bond donors (Lipinski definition) is 2. The number of ether oxygens (including phenoxy) is 2. The number of amides is 2. The van der Waals surface area contributed by atoms with Gasteiger partial charge < -0.3 is 19.9 Å². The molecule has 8 nitrogen and oxygen atoms in total. The van der Waals surface area contributed by atoms with E-state index in [0.717, 1.165) is 0 Å². The number of carbonyl (C=O) groups is 3. The molecular weight excluding hydrogens is 373 g/mol. The number of carboxylic acids is 1. The topological polar surface area (TPSA) is 105 Å². The largest absolute Gasteiger partial charge is 0.482 e. The van der Waals surface area contributed by atoms with E-state index in [4.69, 9.17) is 14.6 Å². The molecule has 0 aromatic heterocycles. The van der Waals surface area contributed by atoms with E-state index in [1.54, 1.807) is 0 Å². The SMILES string of the molecule is COCN1C(=O)COc2ccc(NC(=O)CC(CC(=O)O)C(F)(F)F)cc21. The lowest BCUT2D eigenvalue weighted by Crippen LogP contribution is -2.40. The number of anilines is 2. The highest BCUT2D eigenvalue weighted by Gasteiger charge is 2.42. The Morgan fingerprint density at radius 2 is 2.07 bits per heavy atom. The Hall–Kier alpha value is -2.82. The van der Waals surface area contributed by atoms with Gasteiger partial charge in [-0.3, -0.25) is 19.3 Å². The number of nitrogens with one attached hydrogen (secondary N) is 1. The summed E-state index contributed by atoms with van der Waals surface area (Å²) in [5.41, 5.74) is 0.429. The van der Waals surface area contributed by atoms with E-state index in [-0.39, 0.29) is 24.9 Å². The molecule has 1 heterocycles. The lowest BCUT2D eigenvalue weighted by molar-refractivity contribution is -0.185. The summed E-state index contributed by atoms with van der Waals surface area (Å²) in [4.78, 5) is 35.7. The van der Waals surface area contributed by atoms with Crippen LogP contribution in [0.4, 0.5) is 24.5 Å². The van der Waals surface area contributed by atoms with Gasteiger partial charge in [-0.2, -0.15) is 13.2 Å². The third-order valence-electron chi connectivity index (χ3n) is 3.76. The molecule has 0 aliphatic carbocycles. The van der Waals surface area contributed by atoms with Crippen LogP contribution in [-0.2, 0) is 19.1 Å². The van der Waals surface area contributed by atoms with E-state index >= 15 is 0 Å². The molecule has 1 aliphatic heterocycles. The van der Waals surface area contributed by atoms with Gasteiger partial charge in [0.2, 0.25) is 5.91 Å². The van der Waals surface area contributed by atoms with Crippen molar-refractivity contribution in [1.29, 1.82) is 0 Å². The molecule has 148 valence electrons. The van der Waals surface area contributed by atoms with E-state index in [2.05, 4.69) is 5.32 Å². The fourth-order valence-electron chi connectivity index (χ4n) is 2.50. The first-order valence-corrected chi connectivity index (χ1v) is 7.76. The van der Waals surface area contributed by atoms with Crippen molar-refractivity contribution in [3.63, 3.8) is 0 Å². The minimum absolute atomic E-state index is 0.0681. The minimum atomic E-state index is -4.82. The molecule has 0 bridgehead atoms. The third-order valence-corrected chi connectivity index (χ3v) is 3.76. The van der Waals surface area contributed by atoms with Gasteiger partial charge >= 0.3 is 12.1 Å². The summed E-state index contributed by atoms with van der Waals surface area (Å²) in [6, 6.07) is 4.22. The summed E-state index contributed by atoms with van der Waals surface area (Å²) in [7, 11) is 1.38. The molecular formula is C16H17F3N2O6. The molecule has 1 aromatic rings. The van der Waals surface area contributed by atoms with Crippen LogP contribution >= 0.6 is 0 Å². The smallest absolute Gasteiger partial charge is 0.392 e. The van der Waals surface area contributed by atoms with Crippen LogP contribution in [0.25, 0.3) is 0 Å². The highest BCUT2D eigenvalue weighted by Crippen LogP contribution is 2.35. The zero-order chi connectivity index (χ0) is 20.2. The average molecular weight is 390 g/mol. The maximum atomic E-state index is 12.9. The number of rotatable bonds is 7. The third kappa shape index (κ3) is 5.33. The number of fused-ring (bicyclic) bond motifs is 1. The lowest BCUT2D eigenvalue weighted by Gasteiger charge is -2.29. The predicted molar refractivity (Wildman–Crippen MR) is 86.3 cm³/mol. The first-order valence-electron chi connectivity index (χ1n) is 7.76. The lowest BCUT2D eigenvalue weighted by atomic mass is 10.0. The average Bonchev–Trinajstić information content (AvgIpc) is 2.56. The van der Waals surface area contributed by atoms with Crippen molar-refractivity contribution in [2.75, 3.05) is 30.7 Å². The Labute approximate surface area is 151 Å². The molecule has 0 saturated heterocycles. The number of hydrogen-bond acceptors (Lipinski definition) is 5. The highest BCUT2D eigenvalue weighted by molar-refractivity contribution is 5.99. The fourth-order valence-corrected chi connectivity index (χ4v) is 2.50. The van der Waals surface area contributed by atoms with Crippen LogP contribution in [-0.4, -0.2) is 49.5 Å². The minimum Gasteiger partial charge on any atom is -0.482 e. The van der Waals surface area contributed by atoms with Gasteiger partial charge in [-0.1, -0.05) is 0 Å². The van der Waals surface area contributed by atoms with Gasteiger partial charge in [0.05, 0.1) is 18.0 Å².